The van der Waals surface area contributed by atoms with Gasteiger partial charge in [-0.25, -0.2) is 9.59 Å². The minimum absolute atomic E-state index is 0.0509. The monoisotopic (exact) mass is 1450 g/mol. The number of benzene rings is 6. The summed E-state index contributed by atoms with van der Waals surface area (Å²) in [6.07, 6.45) is 3.08. The number of unbranched alkanes of at least 4 members (excludes halogenated alkanes) is 2. The van der Waals surface area contributed by atoms with Crippen LogP contribution in [0.3, 0.4) is 0 Å². The molecule has 0 saturated carbocycles. The molecule has 10 N–H and O–H groups in total. The number of esters is 2. The molecular weight excluding hydrogens is 1340 g/mol. The molecule has 22 nitrogen and oxygen atoms in total. The van der Waals surface area contributed by atoms with Crippen molar-refractivity contribution >= 4 is 59.4 Å². The van der Waals surface area contributed by atoms with Crippen LogP contribution in [0.5, 0.6) is 11.5 Å². The first-order valence-electron chi connectivity index (χ1n) is 35.7. The highest BCUT2D eigenvalue weighted by Gasteiger charge is 2.33. The Kier molecular flexibility index (Phi) is 36.7. The highest BCUT2D eigenvalue weighted by molar-refractivity contribution is 5.94. The van der Waals surface area contributed by atoms with Gasteiger partial charge in [-0.3, -0.25) is 38.4 Å². The van der Waals surface area contributed by atoms with Crippen molar-refractivity contribution in [2.45, 2.75) is 197 Å². The lowest BCUT2D eigenvalue weighted by molar-refractivity contribution is -0.159. The maximum Gasteiger partial charge on any atom is 0.407 e. The highest BCUT2D eigenvalue weighted by Crippen LogP contribution is 2.29. The number of nitrogens with two attached hydrogens (primary N) is 2. The Morgan fingerprint density at radius 3 is 1.14 bits per heavy atom. The Morgan fingerprint density at radius 2 is 0.781 bits per heavy atom. The van der Waals surface area contributed by atoms with Crippen molar-refractivity contribution in [1.29, 1.82) is 0 Å². The third-order valence-corrected chi connectivity index (χ3v) is 17.2. The first-order chi connectivity index (χ1) is 49.6. The minimum Gasteiger partial charge on any atom is -0.508 e. The molecule has 6 aromatic rings. The average molecular weight is 1450 g/mol. The summed E-state index contributed by atoms with van der Waals surface area (Å²) in [6.45, 7) is 20.7. The van der Waals surface area contributed by atoms with Crippen molar-refractivity contribution in [3.05, 3.63) is 201 Å². The van der Waals surface area contributed by atoms with Crippen LogP contribution in [0.2, 0.25) is 0 Å². The number of rotatable bonds is 37. The Labute approximate surface area is 618 Å². The first kappa shape index (κ1) is 87.0. The second kappa shape index (κ2) is 44.3. The van der Waals surface area contributed by atoms with E-state index in [1.54, 1.807) is 65.8 Å². The number of nitrogens with one attached hydrogen (secondary N) is 3. The number of carboxylic acids is 1. The van der Waals surface area contributed by atoms with Gasteiger partial charge in [-0.2, -0.15) is 0 Å². The number of aryl methyl sites for hydroxylation is 4. The molecule has 568 valence electrons. The van der Waals surface area contributed by atoms with Crippen molar-refractivity contribution in [3.8, 4) is 11.5 Å². The lowest BCUT2D eigenvalue weighted by atomic mass is 9.88. The maximum atomic E-state index is 14.0. The van der Waals surface area contributed by atoms with Crippen molar-refractivity contribution in [2.75, 3.05) is 13.1 Å². The standard InChI is InChI=1S/C41H53N3O8.C25H32N2O4.C17H24O5/c1-27-20-33(45)21-28(2)34(27)23-32(25-37(47)52-41(3,4)5)39(49)44-35(36(46)24-31(38(42)48)22-29-14-8-6-9-15-29)18-12-13-19-43-40(50)51-26-30-16-10-7-11-17-30;1-19(23(28)17-22(24(26)29)16-20-11-4-2-5-12-20)10-8-9-15-27-25(30)31-18-21-13-6-3-7-14-21;1-10-6-13(18)7-11(2)14(10)8-12(16(20)21)9-15(19)22-17(3,4)5/h6-11,14-17,20-21,31-32,35,45H,12-13,18-19,22-26H2,1-5H3,(H2,42,48)(H,43,50)(H,44,49);2-7,11-14,19,22H,8-10,15-18H2,1H3,(H2,26,29)(H,27,30);6-7,12,18H,8-9H2,1-5H3,(H,20,21)/t31-,32?,35+;19-,22+;/m10./s1. The van der Waals surface area contributed by atoms with Crippen LogP contribution >= 0.6 is 0 Å². The molecule has 2 unspecified atom stereocenters. The molecule has 6 rings (SSSR count). The summed E-state index contributed by atoms with van der Waals surface area (Å²) in [7, 11) is 0. The third kappa shape index (κ3) is 35.1. The van der Waals surface area contributed by atoms with E-state index >= 15 is 0 Å². The number of phenols is 2. The fourth-order valence-electron chi connectivity index (χ4n) is 11.7. The van der Waals surface area contributed by atoms with Crippen LogP contribution in [-0.4, -0.2) is 105 Å². The zero-order chi connectivity index (χ0) is 77.8. The average Bonchev–Trinajstić information content (AvgIpc) is 0.832. The molecule has 22 heteroatoms. The number of hydrogen-bond acceptors (Lipinski definition) is 16. The van der Waals surface area contributed by atoms with Crippen molar-refractivity contribution in [2.24, 2.45) is 41.1 Å². The molecule has 0 fully saturated rings. The van der Waals surface area contributed by atoms with Crippen LogP contribution < -0.4 is 27.4 Å². The number of carboxylic acid groups (broad SMARTS) is 1. The summed E-state index contributed by atoms with van der Waals surface area (Å²) in [6, 6.07) is 43.0. The molecule has 0 aliphatic carbocycles. The summed E-state index contributed by atoms with van der Waals surface area (Å²) >= 11 is 0. The van der Waals surface area contributed by atoms with Crippen LogP contribution in [0, 0.1) is 57.3 Å². The number of aliphatic carboxylic acids is 1. The molecule has 0 aliphatic heterocycles. The second-order valence-corrected chi connectivity index (χ2v) is 28.7. The topological polar surface area (TPSA) is 356 Å². The molecular formula is C83H109N5O17. The summed E-state index contributed by atoms with van der Waals surface area (Å²) < 4.78 is 21.2. The van der Waals surface area contributed by atoms with Crippen molar-refractivity contribution in [3.63, 3.8) is 0 Å². The quantitative estimate of drug-likeness (QED) is 0.0102. The second-order valence-electron chi connectivity index (χ2n) is 28.7. The van der Waals surface area contributed by atoms with Gasteiger partial charge in [-0.15, -0.1) is 0 Å². The molecule has 5 amide bonds. The first-order valence-corrected chi connectivity index (χ1v) is 35.7. The van der Waals surface area contributed by atoms with Gasteiger partial charge in [0.25, 0.3) is 0 Å². The van der Waals surface area contributed by atoms with Gasteiger partial charge in [0, 0.05) is 43.7 Å². The molecule has 0 aliphatic rings. The van der Waals surface area contributed by atoms with E-state index in [1.165, 1.54) is 0 Å². The molecule has 0 saturated heterocycles. The van der Waals surface area contributed by atoms with Crippen LogP contribution in [0.25, 0.3) is 0 Å². The van der Waals surface area contributed by atoms with Crippen molar-refractivity contribution < 1.29 is 82.2 Å². The summed E-state index contributed by atoms with van der Waals surface area (Å²) in [4.78, 5) is 125. The number of carbonyl (C=O) groups is 10. The van der Waals surface area contributed by atoms with Gasteiger partial charge in [-0.05, 0) is 207 Å². The molecule has 0 spiro atoms. The smallest absolute Gasteiger partial charge is 0.407 e. The molecule has 0 radical (unpaired) electrons. The van der Waals surface area contributed by atoms with Crippen LogP contribution in [0.15, 0.2) is 146 Å². The van der Waals surface area contributed by atoms with E-state index in [0.717, 1.165) is 68.5 Å². The lowest BCUT2D eigenvalue weighted by Crippen LogP contribution is -2.46. The molecule has 0 aromatic heterocycles. The zero-order valence-corrected chi connectivity index (χ0v) is 62.8. The van der Waals surface area contributed by atoms with Gasteiger partial charge >= 0.3 is 30.1 Å². The summed E-state index contributed by atoms with van der Waals surface area (Å²) in [5.41, 5.74) is 18.3. The number of carbonyl (C=O) groups excluding carboxylic acids is 9. The predicted molar refractivity (Wildman–Crippen MR) is 401 cm³/mol. The predicted octanol–water partition coefficient (Wildman–Crippen LogP) is 12.8. The molecule has 6 aromatic carbocycles. The van der Waals surface area contributed by atoms with E-state index in [1.807, 2.05) is 156 Å². The van der Waals surface area contributed by atoms with Crippen molar-refractivity contribution in [1.82, 2.24) is 16.0 Å². The van der Waals surface area contributed by atoms with Gasteiger partial charge in [0.1, 0.15) is 41.7 Å². The Balaban J connectivity index is 0.000000371. The van der Waals surface area contributed by atoms with Gasteiger partial charge in [-0.1, -0.05) is 135 Å². The lowest BCUT2D eigenvalue weighted by Gasteiger charge is -2.25. The molecule has 0 bridgehead atoms. The van der Waals surface area contributed by atoms with Crippen LogP contribution in [0.4, 0.5) is 9.59 Å². The van der Waals surface area contributed by atoms with Gasteiger partial charge < -0.3 is 61.7 Å². The Hall–Kier alpha value is -10.4. The van der Waals surface area contributed by atoms with E-state index in [-0.39, 0.29) is 100 Å². The Morgan fingerprint density at radius 1 is 0.438 bits per heavy atom. The molecule has 0 heterocycles. The SMILES string of the molecule is C[C@@H](CCCCNC(=O)OCc1ccccc1)C(=O)C[C@@H](Cc1ccccc1)C(N)=O.Cc1cc(O)cc(C)c1CC(CC(=O)OC(C)(C)C)C(=O)N[C@@H](CCCCNC(=O)OCc1ccccc1)C(=O)C[C@@H](Cc1ccccc1)C(N)=O.Cc1cc(O)cc(C)c1CC(CC(=O)OC(C)(C)C)C(=O)O. The number of aromatic hydroxyl groups is 2. The minimum atomic E-state index is -1.03. The Bertz CT molecular complexity index is 3730. The van der Waals surface area contributed by atoms with E-state index in [9.17, 15) is 63.3 Å². The van der Waals surface area contributed by atoms with Gasteiger partial charge in [0.15, 0.2) is 5.78 Å². The highest BCUT2D eigenvalue weighted by atomic mass is 16.6. The molecule has 105 heavy (non-hydrogen) atoms. The van der Waals surface area contributed by atoms with E-state index < -0.39 is 88.7 Å². The third-order valence-electron chi connectivity index (χ3n) is 17.2. The number of Topliss-reactive ketones (excluding diaryl/α,β-unsaturated/α-hetero) is 2. The van der Waals surface area contributed by atoms with Gasteiger partial charge in [0.2, 0.25) is 17.7 Å². The van der Waals surface area contributed by atoms with E-state index in [2.05, 4.69) is 16.0 Å². The molecule has 6 atom stereocenters. The van der Waals surface area contributed by atoms with Gasteiger partial charge in [0.05, 0.1) is 30.7 Å². The number of amides is 5. The summed E-state index contributed by atoms with van der Waals surface area (Å²) in [5, 5.41) is 37.3. The van der Waals surface area contributed by atoms with Crippen LogP contribution in [0.1, 0.15) is 168 Å². The van der Waals surface area contributed by atoms with E-state index in [4.69, 9.17) is 30.4 Å². The number of hydrogen-bond donors (Lipinski definition) is 8. The fourth-order valence-corrected chi connectivity index (χ4v) is 11.7. The number of primary amides is 2. The number of alkyl carbamates (subject to hydrolysis) is 2. The maximum absolute atomic E-state index is 14.0. The zero-order valence-electron chi connectivity index (χ0n) is 62.8. The number of phenolic OH excluding ortho intramolecular Hbond substituents is 2. The number of ether oxygens (including phenoxy) is 4. The largest absolute Gasteiger partial charge is 0.508 e. The van der Waals surface area contributed by atoms with Crippen LogP contribution in [-0.2, 0) is 96.2 Å². The fraction of sp³-hybridized carbons (Fsp3) is 0.446. The number of ketones is 2. The normalized spacial score (nSPS) is 12.8. The van der Waals surface area contributed by atoms with E-state index in [0.29, 0.717) is 32.2 Å². The summed E-state index contributed by atoms with van der Waals surface area (Å²) in [5.74, 6) is -6.95.